The van der Waals surface area contributed by atoms with Crippen molar-refractivity contribution in [3.05, 3.63) is 35.4 Å². The molecule has 0 aromatic heterocycles. The highest BCUT2D eigenvalue weighted by atomic mass is 32.2. The van der Waals surface area contributed by atoms with Crippen molar-refractivity contribution in [1.82, 2.24) is 5.32 Å². The van der Waals surface area contributed by atoms with Gasteiger partial charge in [0.1, 0.15) is 0 Å². The molecule has 1 aromatic rings. The average molecular weight is 350 g/mol. The minimum atomic E-state index is 0.366. The van der Waals surface area contributed by atoms with Gasteiger partial charge in [0, 0.05) is 31.1 Å². The molecule has 1 saturated carbocycles. The van der Waals surface area contributed by atoms with E-state index in [-0.39, 0.29) is 0 Å². The molecule has 1 N–H and O–H groups in total. The van der Waals surface area contributed by atoms with Crippen LogP contribution in [0.15, 0.2) is 24.3 Å². The Morgan fingerprint density at radius 1 is 1.12 bits per heavy atom. The maximum atomic E-state index is 6.05. The molecule has 0 bridgehead atoms. The fraction of sp³-hybridized carbons (Fsp3) is 0.700. The Hall–Kier alpha value is -0.550. The molecule has 0 unspecified atom stereocenters. The second kappa shape index (κ2) is 9.81. The van der Waals surface area contributed by atoms with Gasteiger partial charge in [0.2, 0.25) is 0 Å². The summed E-state index contributed by atoms with van der Waals surface area (Å²) in [5.74, 6) is 0. The first-order valence-electron chi connectivity index (χ1n) is 9.38. The van der Waals surface area contributed by atoms with Crippen LogP contribution >= 0.6 is 11.8 Å². The molecule has 1 heterocycles. The van der Waals surface area contributed by atoms with Crippen molar-refractivity contribution in [1.29, 1.82) is 0 Å². The minimum Gasteiger partial charge on any atom is -0.381 e. The number of benzene rings is 1. The maximum absolute atomic E-state index is 6.05. The van der Waals surface area contributed by atoms with E-state index in [2.05, 4.69) is 35.8 Å². The quantitative estimate of drug-likeness (QED) is 0.801. The zero-order chi connectivity index (χ0) is 16.6. The first-order valence-corrected chi connectivity index (χ1v) is 10.7. The molecule has 3 rings (SSSR count). The summed E-state index contributed by atoms with van der Waals surface area (Å²) in [5, 5.41) is 4.57. The number of nitrogens with one attached hydrogen (secondary N) is 1. The molecule has 1 aliphatic heterocycles. The summed E-state index contributed by atoms with van der Waals surface area (Å²) in [6.07, 6.45) is 10.1. The van der Waals surface area contributed by atoms with Crippen LogP contribution in [0.5, 0.6) is 0 Å². The maximum Gasteiger partial charge on any atom is 0.0720 e. The third-order valence-electron chi connectivity index (χ3n) is 5.22. The van der Waals surface area contributed by atoms with Gasteiger partial charge in [-0.3, -0.25) is 0 Å². The van der Waals surface area contributed by atoms with E-state index in [4.69, 9.17) is 9.47 Å². The summed E-state index contributed by atoms with van der Waals surface area (Å²) >= 11 is 2.02. The van der Waals surface area contributed by atoms with Gasteiger partial charge >= 0.3 is 0 Å². The van der Waals surface area contributed by atoms with Gasteiger partial charge in [-0.1, -0.05) is 37.1 Å². The molecular formula is C20H31NO2S. The highest BCUT2D eigenvalue weighted by molar-refractivity contribution is 7.99. The molecule has 1 aromatic carbocycles. The summed E-state index contributed by atoms with van der Waals surface area (Å²) in [4.78, 5) is 0. The summed E-state index contributed by atoms with van der Waals surface area (Å²) in [7, 11) is 0. The van der Waals surface area contributed by atoms with E-state index in [1.165, 1.54) is 36.8 Å². The molecule has 134 valence electrons. The molecule has 2 aliphatic rings. The zero-order valence-electron chi connectivity index (χ0n) is 14.8. The highest BCUT2D eigenvalue weighted by Gasteiger charge is 2.23. The number of hydrogen-bond acceptors (Lipinski definition) is 4. The van der Waals surface area contributed by atoms with Crippen molar-refractivity contribution in [2.24, 2.45) is 0 Å². The van der Waals surface area contributed by atoms with Gasteiger partial charge in [0.25, 0.3) is 0 Å². The monoisotopic (exact) mass is 349 g/mol. The Bertz CT molecular complexity index is 490. The fourth-order valence-electron chi connectivity index (χ4n) is 3.75. The lowest BCUT2D eigenvalue weighted by molar-refractivity contribution is -0.0390. The van der Waals surface area contributed by atoms with Crippen LogP contribution in [0.25, 0.3) is 0 Å². The molecule has 2 fully saturated rings. The molecule has 0 amide bonds. The topological polar surface area (TPSA) is 30.5 Å². The number of thioether (sulfide) groups is 1. The smallest absolute Gasteiger partial charge is 0.0720 e. The van der Waals surface area contributed by atoms with Crippen molar-refractivity contribution in [2.45, 2.75) is 69.1 Å². The van der Waals surface area contributed by atoms with Crippen LogP contribution < -0.4 is 5.32 Å². The minimum absolute atomic E-state index is 0.366. The van der Waals surface area contributed by atoms with Gasteiger partial charge in [-0.2, -0.15) is 11.8 Å². The molecule has 1 aliphatic carbocycles. The SMILES string of the molecule is CS[C@@H]1CCCC[C@H]1NCc1cccc(COC2CCOCC2)c1. The van der Waals surface area contributed by atoms with Crippen molar-refractivity contribution < 1.29 is 9.47 Å². The van der Waals surface area contributed by atoms with Crippen LogP contribution in [0, 0.1) is 0 Å². The van der Waals surface area contributed by atoms with E-state index in [0.717, 1.165) is 44.5 Å². The Balaban J connectivity index is 1.47. The van der Waals surface area contributed by atoms with Crippen molar-refractivity contribution >= 4 is 11.8 Å². The highest BCUT2D eigenvalue weighted by Crippen LogP contribution is 2.27. The third-order valence-corrected chi connectivity index (χ3v) is 6.39. The van der Waals surface area contributed by atoms with E-state index >= 15 is 0 Å². The van der Waals surface area contributed by atoms with Gasteiger partial charge in [-0.05, 0) is 43.1 Å². The molecule has 0 spiro atoms. The Kier molecular flexibility index (Phi) is 7.46. The Morgan fingerprint density at radius 2 is 1.92 bits per heavy atom. The van der Waals surface area contributed by atoms with E-state index in [0.29, 0.717) is 12.1 Å². The number of hydrogen-bond donors (Lipinski definition) is 1. The molecule has 1 saturated heterocycles. The zero-order valence-corrected chi connectivity index (χ0v) is 15.7. The predicted octanol–water partition coefficient (Wildman–Crippen LogP) is 4.15. The summed E-state index contributed by atoms with van der Waals surface area (Å²) in [5.41, 5.74) is 2.65. The first-order chi connectivity index (χ1) is 11.8. The second-order valence-corrected chi connectivity index (χ2v) is 8.07. The van der Waals surface area contributed by atoms with Crippen LogP contribution in [-0.4, -0.2) is 36.9 Å². The van der Waals surface area contributed by atoms with E-state index in [1.807, 2.05) is 11.8 Å². The predicted molar refractivity (Wildman–Crippen MR) is 101 cm³/mol. The van der Waals surface area contributed by atoms with E-state index in [1.54, 1.807) is 0 Å². The van der Waals surface area contributed by atoms with Gasteiger partial charge in [-0.25, -0.2) is 0 Å². The van der Waals surface area contributed by atoms with E-state index < -0.39 is 0 Å². The van der Waals surface area contributed by atoms with Crippen molar-refractivity contribution in [3.8, 4) is 0 Å². The van der Waals surface area contributed by atoms with Crippen molar-refractivity contribution in [3.63, 3.8) is 0 Å². The van der Waals surface area contributed by atoms with Gasteiger partial charge in [0.15, 0.2) is 0 Å². The lowest BCUT2D eigenvalue weighted by Crippen LogP contribution is -2.39. The Morgan fingerprint density at radius 3 is 2.75 bits per heavy atom. The van der Waals surface area contributed by atoms with Gasteiger partial charge < -0.3 is 14.8 Å². The molecule has 0 radical (unpaired) electrons. The fourth-order valence-corrected chi connectivity index (χ4v) is 4.71. The second-order valence-electron chi connectivity index (χ2n) is 6.99. The summed E-state index contributed by atoms with van der Waals surface area (Å²) < 4.78 is 11.4. The Labute approximate surface area is 150 Å². The van der Waals surface area contributed by atoms with E-state index in [9.17, 15) is 0 Å². The third kappa shape index (κ3) is 5.48. The van der Waals surface area contributed by atoms with Crippen LogP contribution in [-0.2, 0) is 22.6 Å². The molecule has 2 atom stereocenters. The lowest BCUT2D eigenvalue weighted by atomic mass is 9.94. The number of ether oxygens (including phenoxy) is 2. The summed E-state index contributed by atoms with van der Waals surface area (Å²) in [6, 6.07) is 9.52. The largest absolute Gasteiger partial charge is 0.381 e. The molecule has 24 heavy (non-hydrogen) atoms. The van der Waals surface area contributed by atoms with Crippen molar-refractivity contribution in [2.75, 3.05) is 19.5 Å². The normalized spacial score (nSPS) is 25.7. The first kappa shape index (κ1) is 18.2. The van der Waals surface area contributed by atoms with Gasteiger partial charge in [0.05, 0.1) is 12.7 Å². The molecule has 3 nitrogen and oxygen atoms in total. The number of rotatable bonds is 7. The molecule has 4 heteroatoms. The molecular weight excluding hydrogens is 318 g/mol. The van der Waals surface area contributed by atoms with Gasteiger partial charge in [-0.15, -0.1) is 0 Å². The lowest BCUT2D eigenvalue weighted by Gasteiger charge is -2.31. The van der Waals surface area contributed by atoms with Crippen LogP contribution in [0.3, 0.4) is 0 Å². The van der Waals surface area contributed by atoms with Crippen LogP contribution in [0.1, 0.15) is 49.7 Å². The average Bonchev–Trinajstić information content (AvgIpc) is 2.66. The standard InChI is InChI=1S/C20H31NO2S/c1-24-20-8-3-2-7-19(20)21-14-16-5-4-6-17(13-16)15-23-18-9-11-22-12-10-18/h4-6,13,18-21H,2-3,7-12,14-15H2,1H3/t19-,20-/m1/s1. The summed E-state index contributed by atoms with van der Waals surface area (Å²) in [6.45, 7) is 3.36. The van der Waals surface area contributed by atoms with Crippen LogP contribution in [0.4, 0.5) is 0 Å². The van der Waals surface area contributed by atoms with Crippen LogP contribution in [0.2, 0.25) is 0 Å².